The van der Waals surface area contributed by atoms with Crippen LogP contribution in [0.4, 0.5) is 0 Å². The molecule has 4 nitrogen and oxygen atoms in total. The number of nitrogens with zero attached hydrogens (tertiary/aromatic N) is 1. The van der Waals surface area contributed by atoms with Gasteiger partial charge in [-0.1, -0.05) is 40.9 Å². The van der Waals surface area contributed by atoms with Gasteiger partial charge in [0.2, 0.25) is 5.91 Å². The van der Waals surface area contributed by atoms with Crippen molar-refractivity contribution in [1.82, 2.24) is 15.8 Å². The van der Waals surface area contributed by atoms with Gasteiger partial charge in [-0.05, 0) is 42.9 Å². The molecule has 1 amide bonds. The molecule has 0 bridgehead atoms. The molecule has 1 aromatic rings. The molecule has 0 spiro atoms. The number of rotatable bonds is 4. The van der Waals surface area contributed by atoms with Gasteiger partial charge in [-0.2, -0.15) is 0 Å². The minimum atomic E-state index is -0.125. The Bertz CT molecular complexity index is 513. The fraction of sp³-hybridized carbons (Fsp3) is 0.588. The summed E-state index contributed by atoms with van der Waals surface area (Å²) < 4.78 is 1.08. The van der Waals surface area contributed by atoms with Crippen LogP contribution in [0.2, 0.25) is 0 Å². The van der Waals surface area contributed by atoms with Crippen molar-refractivity contribution < 1.29 is 4.79 Å². The van der Waals surface area contributed by atoms with Crippen LogP contribution in [0.5, 0.6) is 0 Å². The zero-order valence-corrected chi connectivity index (χ0v) is 14.6. The second-order valence-electron chi connectivity index (χ2n) is 6.55. The Morgan fingerprint density at radius 1 is 1.23 bits per heavy atom. The number of hydrazine groups is 1. The highest BCUT2D eigenvalue weighted by Crippen LogP contribution is 2.27. The van der Waals surface area contributed by atoms with Crippen LogP contribution in [0.15, 0.2) is 28.7 Å². The number of hydrogen-bond donors (Lipinski definition) is 2. The fourth-order valence-corrected chi connectivity index (χ4v) is 3.83. The van der Waals surface area contributed by atoms with Gasteiger partial charge in [0, 0.05) is 24.1 Å². The Labute approximate surface area is 140 Å². The van der Waals surface area contributed by atoms with Crippen LogP contribution < -0.4 is 10.9 Å². The Balaban J connectivity index is 1.54. The van der Waals surface area contributed by atoms with Gasteiger partial charge in [0.15, 0.2) is 0 Å². The fourth-order valence-electron chi connectivity index (χ4n) is 3.57. The summed E-state index contributed by atoms with van der Waals surface area (Å²) in [7, 11) is 1.94. The molecule has 1 aliphatic carbocycles. The molecule has 22 heavy (non-hydrogen) atoms. The Hall–Kier alpha value is -0.910. The third-order valence-electron chi connectivity index (χ3n) is 4.86. The van der Waals surface area contributed by atoms with Crippen LogP contribution in [0.1, 0.15) is 43.7 Å². The van der Waals surface area contributed by atoms with E-state index in [4.69, 9.17) is 0 Å². The van der Waals surface area contributed by atoms with Crippen LogP contribution in [0.25, 0.3) is 0 Å². The van der Waals surface area contributed by atoms with E-state index in [0.29, 0.717) is 5.92 Å². The molecule has 1 heterocycles. The second-order valence-corrected chi connectivity index (χ2v) is 7.47. The predicted octanol–water partition coefficient (Wildman–Crippen LogP) is 3.01. The summed E-state index contributed by atoms with van der Waals surface area (Å²) in [5.74, 6) is 0.907. The van der Waals surface area contributed by atoms with Gasteiger partial charge in [-0.3, -0.25) is 4.79 Å². The number of benzene rings is 1. The standard InChI is InChI=1S/C17H24BrN3O/c1-21(11-12-4-2-3-5-12)17(22)16-10-15(19-20-16)13-6-8-14(18)9-7-13/h6-9,12,15-16,19-20H,2-5,10-11H2,1H3. The number of amides is 1. The van der Waals surface area contributed by atoms with E-state index < -0.39 is 0 Å². The molecule has 3 rings (SSSR count). The van der Waals surface area contributed by atoms with Crippen molar-refractivity contribution in [3.8, 4) is 0 Å². The van der Waals surface area contributed by atoms with E-state index in [0.717, 1.165) is 17.4 Å². The molecule has 5 heteroatoms. The Kier molecular flexibility index (Phi) is 5.16. The SMILES string of the molecule is CN(CC1CCCC1)C(=O)C1CC(c2ccc(Br)cc2)NN1. The smallest absolute Gasteiger partial charge is 0.240 e. The summed E-state index contributed by atoms with van der Waals surface area (Å²) >= 11 is 3.45. The molecule has 1 aromatic carbocycles. The minimum absolute atomic E-state index is 0.125. The molecule has 1 saturated heterocycles. The van der Waals surface area contributed by atoms with Crippen LogP contribution in [-0.4, -0.2) is 30.4 Å². The number of nitrogens with one attached hydrogen (secondary N) is 2. The molecular weight excluding hydrogens is 342 g/mol. The topological polar surface area (TPSA) is 44.4 Å². The van der Waals surface area contributed by atoms with Crippen molar-refractivity contribution in [2.75, 3.05) is 13.6 Å². The van der Waals surface area contributed by atoms with Gasteiger partial charge in [-0.25, -0.2) is 10.9 Å². The molecule has 1 saturated carbocycles. The zero-order valence-electron chi connectivity index (χ0n) is 13.0. The van der Waals surface area contributed by atoms with E-state index in [1.165, 1.54) is 31.2 Å². The second kappa shape index (κ2) is 7.11. The largest absolute Gasteiger partial charge is 0.344 e. The van der Waals surface area contributed by atoms with Crippen molar-refractivity contribution in [3.05, 3.63) is 34.3 Å². The van der Waals surface area contributed by atoms with Crippen molar-refractivity contribution >= 4 is 21.8 Å². The van der Waals surface area contributed by atoms with Gasteiger partial charge in [0.05, 0.1) is 0 Å². The molecule has 1 aliphatic heterocycles. The van der Waals surface area contributed by atoms with Crippen LogP contribution in [0.3, 0.4) is 0 Å². The van der Waals surface area contributed by atoms with E-state index in [9.17, 15) is 4.79 Å². The Morgan fingerprint density at radius 2 is 1.91 bits per heavy atom. The first-order chi connectivity index (χ1) is 10.6. The zero-order chi connectivity index (χ0) is 15.5. The summed E-state index contributed by atoms with van der Waals surface area (Å²) in [5, 5.41) is 0. The number of hydrogen-bond acceptors (Lipinski definition) is 3. The lowest BCUT2D eigenvalue weighted by atomic mass is 10.0. The molecular formula is C17H24BrN3O. The van der Waals surface area contributed by atoms with Crippen molar-refractivity contribution in [2.24, 2.45) is 5.92 Å². The lowest BCUT2D eigenvalue weighted by molar-refractivity contribution is -0.132. The van der Waals surface area contributed by atoms with E-state index in [1.807, 2.05) is 24.1 Å². The highest BCUT2D eigenvalue weighted by Gasteiger charge is 2.32. The molecule has 2 unspecified atom stereocenters. The summed E-state index contributed by atoms with van der Waals surface area (Å²) in [4.78, 5) is 14.5. The van der Waals surface area contributed by atoms with Gasteiger partial charge in [0.1, 0.15) is 6.04 Å². The average molecular weight is 366 g/mol. The highest BCUT2D eigenvalue weighted by molar-refractivity contribution is 9.10. The number of halogens is 1. The predicted molar refractivity (Wildman–Crippen MR) is 91.2 cm³/mol. The van der Waals surface area contributed by atoms with Crippen LogP contribution in [0, 0.1) is 5.92 Å². The summed E-state index contributed by atoms with van der Waals surface area (Å²) in [6.45, 7) is 0.903. The average Bonchev–Trinajstić information content (AvgIpc) is 3.18. The van der Waals surface area contributed by atoms with E-state index >= 15 is 0 Å². The van der Waals surface area contributed by atoms with E-state index in [1.54, 1.807) is 0 Å². The molecule has 0 aromatic heterocycles. The van der Waals surface area contributed by atoms with Crippen molar-refractivity contribution in [2.45, 2.75) is 44.2 Å². The number of likely N-dealkylation sites (N-methyl/N-ethyl adjacent to an activating group) is 1. The first-order valence-electron chi connectivity index (χ1n) is 8.15. The maximum Gasteiger partial charge on any atom is 0.240 e. The quantitative estimate of drug-likeness (QED) is 0.861. The first-order valence-corrected chi connectivity index (χ1v) is 8.94. The lowest BCUT2D eigenvalue weighted by Gasteiger charge is -2.23. The highest BCUT2D eigenvalue weighted by atomic mass is 79.9. The molecule has 2 fully saturated rings. The van der Waals surface area contributed by atoms with Gasteiger partial charge in [-0.15, -0.1) is 0 Å². The van der Waals surface area contributed by atoms with E-state index in [-0.39, 0.29) is 18.0 Å². The maximum atomic E-state index is 12.6. The van der Waals surface area contributed by atoms with Crippen molar-refractivity contribution in [3.63, 3.8) is 0 Å². The molecule has 0 radical (unpaired) electrons. The third-order valence-corrected chi connectivity index (χ3v) is 5.39. The maximum absolute atomic E-state index is 12.6. The van der Waals surface area contributed by atoms with Crippen molar-refractivity contribution in [1.29, 1.82) is 0 Å². The normalized spacial score (nSPS) is 25.5. The summed E-state index contributed by atoms with van der Waals surface area (Å²) in [5.41, 5.74) is 7.64. The number of carbonyl (C=O) groups excluding carboxylic acids is 1. The van der Waals surface area contributed by atoms with Gasteiger partial charge in [0.25, 0.3) is 0 Å². The monoisotopic (exact) mass is 365 g/mol. The van der Waals surface area contributed by atoms with Gasteiger partial charge >= 0.3 is 0 Å². The third kappa shape index (κ3) is 3.70. The summed E-state index contributed by atoms with van der Waals surface area (Å²) in [6.07, 6.45) is 5.99. The Morgan fingerprint density at radius 3 is 2.59 bits per heavy atom. The molecule has 2 atom stereocenters. The molecule has 2 aliphatic rings. The lowest BCUT2D eigenvalue weighted by Crippen LogP contribution is -2.45. The van der Waals surface area contributed by atoms with Crippen LogP contribution >= 0.6 is 15.9 Å². The number of carbonyl (C=O) groups is 1. The van der Waals surface area contributed by atoms with Gasteiger partial charge < -0.3 is 4.90 Å². The van der Waals surface area contributed by atoms with Crippen LogP contribution in [-0.2, 0) is 4.79 Å². The molecule has 2 N–H and O–H groups in total. The first kappa shape index (κ1) is 16.0. The minimum Gasteiger partial charge on any atom is -0.344 e. The molecule has 120 valence electrons. The van der Waals surface area contributed by atoms with E-state index in [2.05, 4.69) is 38.9 Å². The summed E-state index contributed by atoms with van der Waals surface area (Å²) in [6, 6.07) is 8.34.